The van der Waals surface area contributed by atoms with Crippen molar-refractivity contribution in [1.82, 2.24) is 15.3 Å². The lowest BCUT2D eigenvalue weighted by Crippen LogP contribution is -2.56. The standard InChI is InChI=1S/C10H19N3O4/c1-11-8(14)6-4-5-7(10(16)12(2)3)13(17)9(6)15/h6-8,11,14,17H,4-5H2,1-3H3/t6-,7-,8+/m1/s1. The third-order valence-electron chi connectivity index (χ3n) is 2.99. The number of piperidine rings is 1. The van der Waals surface area contributed by atoms with Gasteiger partial charge in [0, 0.05) is 14.1 Å². The molecule has 0 radical (unpaired) electrons. The van der Waals surface area contributed by atoms with E-state index in [1.54, 1.807) is 14.1 Å². The van der Waals surface area contributed by atoms with Crippen LogP contribution in [0.5, 0.6) is 0 Å². The smallest absolute Gasteiger partial charge is 0.253 e. The summed E-state index contributed by atoms with van der Waals surface area (Å²) in [4.78, 5) is 24.8. The van der Waals surface area contributed by atoms with Crippen LogP contribution in [0.25, 0.3) is 0 Å². The van der Waals surface area contributed by atoms with Gasteiger partial charge in [-0.05, 0) is 19.9 Å². The van der Waals surface area contributed by atoms with E-state index in [0.29, 0.717) is 17.9 Å². The molecule has 0 aromatic heterocycles. The first kappa shape index (κ1) is 13.9. The molecule has 2 amide bonds. The average Bonchev–Trinajstić information content (AvgIpc) is 2.30. The number of aliphatic hydroxyl groups is 1. The van der Waals surface area contributed by atoms with Crippen LogP contribution in [0.1, 0.15) is 12.8 Å². The minimum atomic E-state index is -1.01. The molecule has 1 aliphatic heterocycles. The molecule has 1 fully saturated rings. The molecule has 0 saturated carbocycles. The predicted molar refractivity (Wildman–Crippen MR) is 58.9 cm³/mol. The van der Waals surface area contributed by atoms with Gasteiger partial charge in [-0.2, -0.15) is 0 Å². The van der Waals surface area contributed by atoms with Gasteiger partial charge < -0.3 is 10.0 Å². The van der Waals surface area contributed by atoms with Crippen LogP contribution in [0.15, 0.2) is 0 Å². The number of hydroxylamine groups is 2. The fourth-order valence-corrected chi connectivity index (χ4v) is 1.93. The van der Waals surface area contributed by atoms with Crippen molar-refractivity contribution in [3.05, 3.63) is 0 Å². The number of rotatable bonds is 3. The van der Waals surface area contributed by atoms with Crippen LogP contribution in [0, 0.1) is 5.92 Å². The first-order valence-electron chi connectivity index (χ1n) is 5.48. The minimum Gasteiger partial charge on any atom is -0.378 e. The van der Waals surface area contributed by atoms with Gasteiger partial charge in [-0.3, -0.25) is 20.1 Å². The van der Waals surface area contributed by atoms with E-state index in [2.05, 4.69) is 5.32 Å². The first-order chi connectivity index (χ1) is 7.90. The zero-order chi connectivity index (χ0) is 13.2. The zero-order valence-electron chi connectivity index (χ0n) is 10.3. The lowest BCUT2D eigenvalue weighted by molar-refractivity contribution is -0.198. The Morgan fingerprint density at radius 2 is 2.12 bits per heavy atom. The predicted octanol–water partition coefficient (Wildman–Crippen LogP) is -1.39. The number of amides is 2. The number of likely N-dealkylation sites (N-methyl/N-ethyl adjacent to an activating group) is 1. The molecule has 1 rings (SSSR count). The van der Waals surface area contributed by atoms with Gasteiger partial charge in [0.05, 0.1) is 5.92 Å². The van der Waals surface area contributed by atoms with Crippen LogP contribution in [-0.4, -0.2) is 65.5 Å². The Morgan fingerprint density at radius 3 is 2.59 bits per heavy atom. The number of hydrogen-bond donors (Lipinski definition) is 3. The maximum Gasteiger partial charge on any atom is 0.253 e. The van der Waals surface area contributed by atoms with Crippen molar-refractivity contribution in [3.8, 4) is 0 Å². The number of nitrogens with zero attached hydrogens (tertiary/aromatic N) is 2. The molecule has 3 N–H and O–H groups in total. The molecular weight excluding hydrogens is 226 g/mol. The zero-order valence-corrected chi connectivity index (χ0v) is 10.3. The van der Waals surface area contributed by atoms with Crippen molar-refractivity contribution in [2.45, 2.75) is 25.1 Å². The van der Waals surface area contributed by atoms with Gasteiger partial charge in [0.25, 0.3) is 5.91 Å². The van der Waals surface area contributed by atoms with Crippen LogP contribution in [0.2, 0.25) is 0 Å². The maximum atomic E-state index is 11.8. The van der Waals surface area contributed by atoms with Crippen LogP contribution < -0.4 is 5.32 Å². The van der Waals surface area contributed by atoms with E-state index < -0.39 is 24.1 Å². The molecule has 7 heteroatoms. The fraction of sp³-hybridized carbons (Fsp3) is 0.800. The Hall–Kier alpha value is -1.18. The van der Waals surface area contributed by atoms with Crippen molar-refractivity contribution in [1.29, 1.82) is 0 Å². The van der Waals surface area contributed by atoms with E-state index in [1.165, 1.54) is 11.9 Å². The Morgan fingerprint density at radius 1 is 1.53 bits per heavy atom. The summed E-state index contributed by atoms with van der Waals surface area (Å²) in [6, 6.07) is -0.849. The summed E-state index contributed by atoms with van der Waals surface area (Å²) in [6.07, 6.45) is -0.308. The van der Waals surface area contributed by atoms with Gasteiger partial charge in [-0.1, -0.05) is 0 Å². The van der Waals surface area contributed by atoms with Gasteiger partial charge in [-0.25, -0.2) is 5.06 Å². The molecule has 1 heterocycles. The Labute approximate surface area is 100.0 Å². The molecule has 0 unspecified atom stereocenters. The summed E-state index contributed by atoms with van der Waals surface area (Å²) in [6.45, 7) is 0. The number of aliphatic hydroxyl groups excluding tert-OH is 1. The third kappa shape index (κ3) is 2.74. The Kier molecular flexibility index (Phi) is 4.44. The molecule has 7 nitrogen and oxygen atoms in total. The van der Waals surface area contributed by atoms with E-state index in [0.717, 1.165) is 0 Å². The second-order valence-electron chi connectivity index (χ2n) is 4.35. The van der Waals surface area contributed by atoms with Crippen molar-refractivity contribution in [3.63, 3.8) is 0 Å². The van der Waals surface area contributed by atoms with E-state index in [4.69, 9.17) is 0 Å². The molecule has 1 saturated heterocycles. The Bertz CT molecular complexity index is 308. The summed E-state index contributed by atoms with van der Waals surface area (Å²) in [5, 5.41) is 22.2. The highest BCUT2D eigenvalue weighted by atomic mass is 16.5. The van der Waals surface area contributed by atoms with Gasteiger partial charge in [-0.15, -0.1) is 0 Å². The van der Waals surface area contributed by atoms with Gasteiger partial charge in [0.15, 0.2) is 0 Å². The second-order valence-corrected chi connectivity index (χ2v) is 4.35. The Balaban J connectivity index is 2.75. The van der Waals surface area contributed by atoms with Crippen molar-refractivity contribution in [2.75, 3.05) is 21.1 Å². The van der Waals surface area contributed by atoms with Gasteiger partial charge >= 0.3 is 0 Å². The lowest BCUT2D eigenvalue weighted by Gasteiger charge is -2.36. The molecule has 0 aliphatic carbocycles. The van der Waals surface area contributed by atoms with Gasteiger partial charge in [0.1, 0.15) is 12.3 Å². The quantitative estimate of drug-likeness (QED) is 0.420. The van der Waals surface area contributed by atoms with E-state index in [1.807, 2.05) is 0 Å². The van der Waals surface area contributed by atoms with Crippen molar-refractivity contribution < 1.29 is 19.9 Å². The van der Waals surface area contributed by atoms with Crippen LogP contribution in [-0.2, 0) is 9.59 Å². The molecule has 98 valence electrons. The molecule has 0 bridgehead atoms. The summed E-state index contributed by atoms with van der Waals surface area (Å²) >= 11 is 0. The van der Waals surface area contributed by atoms with E-state index in [9.17, 15) is 19.9 Å². The summed E-state index contributed by atoms with van der Waals surface area (Å²) in [7, 11) is 4.65. The van der Waals surface area contributed by atoms with E-state index >= 15 is 0 Å². The number of carbonyl (C=O) groups excluding carboxylic acids is 2. The highest BCUT2D eigenvalue weighted by Gasteiger charge is 2.41. The van der Waals surface area contributed by atoms with Crippen molar-refractivity contribution >= 4 is 11.8 Å². The fourth-order valence-electron chi connectivity index (χ4n) is 1.93. The minimum absolute atomic E-state index is 0.321. The third-order valence-corrected chi connectivity index (χ3v) is 2.99. The number of carbonyl (C=O) groups is 2. The molecule has 0 aromatic carbocycles. The molecule has 0 spiro atoms. The second kappa shape index (κ2) is 5.44. The summed E-state index contributed by atoms with van der Waals surface area (Å²) in [5.41, 5.74) is 0. The van der Waals surface area contributed by atoms with Crippen LogP contribution in [0.3, 0.4) is 0 Å². The van der Waals surface area contributed by atoms with Crippen LogP contribution in [0.4, 0.5) is 0 Å². The molecule has 1 aliphatic rings. The highest BCUT2D eigenvalue weighted by Crippen LogP contribution is 2.24. The summed E-state index contributed by atoms with van der Waals surface area (Å²) < 4.78 is 0. The maximum absolute atomic E-state index is 11.8. The molecule has 0 aromatic rings. The number of nitrogens with one attached hydrogen (secondary N) is 1. The lowest BCUT2D eigenvalue weighted by atomic mass is 9.91. The van der Waals surface area contributed by atoms with Crippen LogP contribution >= 0.6 is 0 Å². The van der Waals surface area contributed by atoms with Gasteiger partial charge in [0.2, 0.25) is 5.91 Å². The van der Waals surface area contributed by atoms with E-state index in [-0.39, 0.29) is 5.91 Å². The van der Waals surface area contributed by atoms with Crippen molar-refractivity contribution in [2.24, 2.45) is 5.92 Å². The highest BCUT2D eigenvalue weighted by molar-refractivity contribution is 5.88. The first-order valence-corrected chi connectivity index (χ1v) is 5.48. The normalized spacial score (nSPS) is 26.9. The molecular formula is C10H19N3O4. The largest absolute Gasteiger partial charge is 0.378 e. The monoisotopic (exact) mass is 245 g/mol. The number of hydrogen-bond acceptors (Lipinski definition) is 5. The topological polar surface area (TPSA) is 93.1 Å². The average molecular weight is 245 g/mol. The molecule has 17 heavy (non-hydrogen) atoms. The SMILES string of the molecule is CN[C@@H](O)[C@H]1CC[C@H](C(=O)N(C)C)N(O)C1=O. The molecule has 3 atom stereocenters. The summed E-state index contributed by atoms with van der Waals surface area (Å²) in [5.74, 6) is -1.66.